The summed E-state index contributed by atoms with van der Waals surface area (Å²) in [6.07, 6.45) is 7.73. The van der Waals surface area contributed by atoms with Crippen molar-refractivity contribution in [2.45, 2.75) is 51.0 Å². The molecule has 1 heterocycles. The number of nitrogens with one attached hydrogen (secondary N) is 1. The van der Waals surface area contributed by atoms with Gasteiger partial charge in [-0.2, -0.15) is 0 Å². The Labute approximate surface area is 137 Å². The molecule has 2 amide bonds. The van der Waals surface area contributed by atoms with E-state index in [4.69, 9.17) is 0 Å². The number of piperidine rings is 1. The molecule has 0 aromatic heterocycles. The number of hydrogen-bond acceptors (Lipinski definition) is 2. The van der Waals surface area contributed by atoms with Gasteiger partial charge >= 0.3 is 0 Å². The molecule has 1 spiro atoms. The van der Waals surface area contributed by atoms with Crippen LogP contribution in [0.1, 0.15) is 44.9 Å². The molecule has 1 aromatic rings. The summed E-state index contributed by atoms with van der Waals surface area (Å²) < 4.78 is 0. The third kappa shape index (κ3) is 2.64. The van der Waals surface area contributed by atoms with E-state index in [1.807, 2.05) is 30.3 Å². The third-order valence-electron chi connectivity index (χ3n) is 5.93. The van der Waals surface area contributed by atoms with E-state index in [1.54, 1.807) is 4.90 Å². The molecule has 23 heavy (non-hydrogen) atoms. The van der Waals surface area contributed by atoms with Crippen molar-refractivity contribution in [2.75, 3.05) is 11.4 Å². The number of anilines is 1. The topological polar surface area (TPSA) is 49.4 Å². The van der Waals surface area contributed by atoms with Crippen LogP contribution in [0.5, 0.6) is 0 Å². The van der Waals surface area contributed by atoms with Crippen LogP contribution in [0.15, 0.2) is 30.3 Å². The van der Waals surface area contributed by atoms with Gasteiger partial charge in [-0.15, -0.1) is 0 Å². The zero-order valence-corrected chi connectivity index (χ0v) is 13.5. The lowest BCUT2D eigenvalue weighted by atomic mass is 9.95. The van der Waals surface area contributed by atoms with Crippen LogP contribution < -0.4 is 10.2 Å². The monoisotopic (exact) mass is 312 g/mol. The van der Waals surface area contributed by atoms with E-state index in [1.165, 1.54) is 25.7 Å². The predicted octanol–water partition coefficient (Wildman–Crippen LogP) is 2.88. The molecule has 1 saturated heterocycles. The first-order valence-corrected chi connectivity index (χ1v) is 8.86. The van der Waals surface area contributed by atoms with Crippen molar-refractivity contribution in [3.63, 3.8) is 0 Å². The van der Waals surface area contributed by atoms with Crippen molar-refractivity contribution in [2.24, 2.45) is 11.3 Å². The van der Waals surface area contributed by atoms with Gasteiger partial charge in [0.15, 0.2) is 0 Å². The molecule has 4 rings (SSSR count). The van der Waals surface area contributed by atoms with Crippen LogP contribution in [-0.4, -0.2) is 24.4 Å². The summed E-state index contributed by atoms with van der Waals surface area (Å²) in [4.78, 5) is 27.1. The number of nitrogens with zero attached hydrogens (tertiary/aromatic N) is 1. The molecule has 4 heteroatoms. The second kappa shape index (κ2) is 5.66. The summed E-state index contributed by atoms with van der Waals surface area (Å²) in [5, 5.41) is 3.17. The summed E-state index contributed by atoms with van der Waals surface area (Å²) in [5.74, 6) is -0.603. The molecule has 3 aliphatic rings. The second-order valence-corrected chi connectivity index (χ2v) is 7.36. The Morgan fingerprint density at radius 2 is 1.87 bits per heavy atom. The summed E-state index contributed by atoms with van der Waals surface area (Å²) >= 11 is 0. The van der Waals surface area contributed by atoms with E-state index >= 15 is 0 Å². The fraction of sp³-hybridized carbons (Fsp3) is 0.579. The maximum Gasteiger partial charge on any atom is 0.239 e. The van der Waals surface area contributed by atoms with E-state index < -0.39 is 5.92 Å². The number of benzene rings is 1. The van der Waals surface area contributed by atoms with E-state index in [-0.39, 0.29) is 11.8 Å². The average molecular weight is 312 g/mol. The molecule has 0 bridgehead atoms. The van der Waals surface area contributed by atoms with Crippen molar-refractivity contribution in [1.29, 1.82) is 0 Å². The SMILES string of the molecule is O=C(NC1CC12CCCC2)C1CCCN(c2ccccc2)C1=O. The van der Waals surface area contributed by atoms with Gasteiger partial charge in [0.2, 0.25) is 11.8 Å². The van der Waals surface area contributed by atoms with Gasteiger partial charge in [-0.1, -0.05) is 31.0 Å². The summed E-state index contributed by atoms with van der Waals surface area (Å²) in [5.41, 5.74) is 1.28. The molecule has 2 unspecified atom stereocenters. The van der Waals surface area contributed by atoms with Gasteiger partial charge in [0.1, 0.15) is 5.92 Å². The molecule has 2 aliphatic carbocycles. The molecule has 4 nitrogen and oxygen atoms in total. The van der Waals surface area contributed by atoms with Crippen molar-refractivity contribution < 1.29 is 9.59 Å². The standard InChI is InChI=1S/C19H24N2O2/c22-17(20-16-13-19(16)10-4-5-11-19)15-9-6-12-21(18(15)23)14-7-2-1-3-8-14/h1-3,7-8,15-16H,4-6,9-13H2,(H,20,22). The second-order valence-electron chi connectivity index (χ2n) is 7.36. The maximum atomic E-state index is 12.7. The maximum absolute atomic E-state index is 12.7. The lowest BCUT2D eigenvalue weighted by molar-refractivity contribution is -0.135. The van der Waals surface area contributed by atoms with E-state index in [9.17, 15) is 9.59 Å². The van der Waals surface area contributed by atoms with Gasteiger partial charge in [0.05, 0.1) is 0 Å². The Morgan fingerprint density at radius 1 is 1.13 bits per heavy atom. The van der Waals surface area contributed by atoms with Gasteiger partial charge in [-0.25, -0.2) is 0 Å². The molecular formula is C19H24N2O2. The smallest absolute Gasteiger partial charge is 0.239 e. The Balaban J connectivity index is 1.42. The van der Waals surface area contributed by atoms with Crippen molar-refractivity contribution in [3.05, 3.63) is 30.3 Å². The number of amides is 2. The summed E-state index contributed by atoms with van der Waals surface area (Å²) in [6.45, 7) is 0.708. The molecule has 2 atom stereocenters. The summed E-state index contributed by atoms with van der Waals surface area (Å²) in [6, 6.07) is 9.99. The van der Waals surface area contributed by atoms with Gasteiger partial charge < -0.3 is 10.2 Å². The van der Waals surface area contributed by atoms with E-state index in [0.717, 1.165) is 18.5 Å². The first kappa shape index (κ1) is 14.7. The van der Waals surface area contributed by atoms with E-state index in [0.29, 0.717) is 24.4 Å². The molecule has 1 aliphatic heterocycles. The zero-order chi connectivity index (χ0) is 15.9. The Kier molecular flexibility index (Phi) is 3.63. The van der Waals surface area contributed by atoms with Crippen LogP contribution >= 0.6 is 0 Å². The largest absolute Gasteiger partial charge is 0.352 e. The Hall–Kier alpha value is -1.84. The fourth-order valence-corrected chi connectivity index (χ4v) is 4.44. The fourth-order valence-electron chi connectivity index (χ4n) is 4.44. The molecule has 122 valence electrons. The highest BCUT2D eigenvalue weighted by Gasteiger charge is 2.56. The van der Waals surface area contributed by atoms with Gasteiger partial charge in [0, 0.05) is 18.3 Å². The Morgan fingerprint density at radius 3 is 2.61 bits per heavy atom. The molecule has 2 saturated carbocycles. The minimum atomic E-state index is -0.511. The van der Waals surface area contributed by atoms with Crippen LogP contribution in [-0.2, 0) is 9.59 Å². The number of hydrogen-bond donors (Lipinski definition) is 1. The molecular weight excluding hydrogens is 288 g/mol. The van der Waals surface area contributed by atoms with Crippen LogP contribution in [0.3, 0.4) is 0 Å². The number of carbonyl (C=O) groups excluding carboxylic acids is 2. The molecule has 1 N–H and O–H groups in total. The highest BCUT2D eigenvalue weighted by atomic mass is 16.2. The molecule has 0 radical (unpaired) electrons. The van der Waals surface area contributed by atoms with Crippen LogP contribution in [0.4, 0.5) is 5.69 Å². The number of carbonyl (C=O) groups is 2. The van der Waals surface area contributed by atoms with Gasteiger partial charge in [-0.05, 0) is 49.7 Å². The van der Waals surface area contributed by atoms with Gasteiger partial charge in [0.25, 0.3) is 0 Å². The van der Waals surface area contributed by atoms with Crippen LogP contribution in [0.2, 0.25) is 0 Å². The first-order chi connectivity index (χ1) is 11.2. The molecule has 1 aromatic carbocycles. The normalized spacial score (nSPS) is 28.9. The minimum absolute atomic E-state index is 0.0407. The average Bonchev–Trinajstić information content (AvgIpc) is 3.01. The van der Waals surface area contributed by atoms with Gasteiger partial charge in [-0.3, -0.25) is 9.59 Å². The number of para-hydroxylation sites is 1. The van der Waals surface area contributed by atoms with E-state index in [2.05, 4.69) is 5.32 Å². The summed E-state index contributed by atoms with van der Waals surface area (Å²) in [7, 11) is 0. The number of rotatable bonds is 3. The first-order valence-electron chi connectivity index (χ1n) is 8.86. The highest BCUT2D eigenvalue weighted by molar-refractivity contribution is 6.08. The minimum Gasteiger partial charge on any atom is -0.352 e. The van der Waals surface area contributed by atoms with Crippen molar-refractivity contribution >= 4 is 17.5 Å². The van der Waals surface area contributed by atoms with Crippen molar-refractivity contribution in [1.82, 2.24) is 5.32 Å². The molecule has 3 fully saturated rings. The predicted molar refractivity (Wildman–Crippen MR) is 89.0 cm³/mol. The van der Waals surface area contributed by atoms with Crippen LogP contribution in [0, 0.1) is 11.3 Å². The zero-order valence-electron chi connectivity index (χ0n) is 13.5. The van der Waals surface area contributed by atoms with Crippen molar-refractivity contribution in [3.8, 4) is 0 Å². The third-order valence-corrected chi connectivity index (χ3v) is 5.93. The quantitative estimate of drug-likeness (QED) is 0.873. The lowest BCUT2D eigenvalue weighted by Gasteiger charge is -2.31. The van der Waals surface area contributed by atoms with Crippen LogP contribution in [0.25, 0.3) is 0 Å². The Bertz CT molecular complexity index is 607. The highest BCUT2D eigenvalue weighted by Crippen LogP contribution is 2.57. The lowest BCUT2D eigenvalue weighted by Crippen LogP contribution is -2.48.